The van der Waals surface area contributed by atoms with Crippen molar-refractivity contribution in [2.45, 2.75) is 200 Å². The van der Waals surface area contributed by atoms with Crippen LogP contribution in [0.2, 0.25) is 0 Å². The minimum Gasteiger partial charge on any atom is -0.462 e. The number of carbonyl (C=O) groups is 2. The Hall–Kier alpha value is -1.47. The molecule has 0 bridgehead atoms. The van der Waals surface area contributed by atoms with Crippen molar-refractivity contribution in [2.24, 2.45) is 0 Å². The van der Waals surface area contributed by atoms with E-state index in [4.69, 9.17) is 19.3 Å². The van der Waals surface area contributed by atoms with Crippen LogP contribution in [0.3, 0.4) is 0 Å². The van der Waals surface area contributed by atoms with Crippen molar-refractivity contribution in [2.75, 3.05) is 13.2 Å². The molecule has 282 valence electrons. The van der Waals surface area contributed by atoms with Gasteiger partial charge < -0.3 is 19.3 Å². The van der Waals surface area contributed by atoms with Gasteiger partial charge in [-0.2, -0.15) is 0 Å². The third-order valence-electron chi connectivity index (χ3n) is 8.44. The number of carbonyl (C=O) groups excluding carboxylic acids is 2. The van der Waals surface area contributed by atoms with Crippen LogP contribution in [0.5, 0.6) is 0 Å². The van der Waals surface area contributed by atoms with Crippen molar-refractivity contribution in [1.82, 2.24) is 0 Å². The van der Waals surface area contributed by atoms with Crippen LogP contribution >= 0.6 is 7.82 Å². The van der Waals surface area contributed by atoms with E-state index in [1.807, 2.05) is 0 Å². The quantitative estimate of drug-likeness (QED) is 0.0287. The molecule has 0 aromatic heterocycles. The molecule has 0 rings (SSSR count). The summed E-state index contributed by atoms with van der Waals surface area (Å²) in [5.74, 6) is -0.909. The molecular formula is C39H73O8P. The first-order chi connectivity index (χ1) is 23.3. The lowest BCUT2D eigenvalue weighted by Crippen LogP contribution is -2.29. The number of phosphoric ester groups is 1. The molecule has 0 saturated carbocycles. The van der Waals surface area contributed by atoms with Crippen LogP contribution in [0.1, 0.15) is 194 Å². The monoisotopic (exact) mass is 701 g/mol. The summed E-state index contributed by atoms with van der Waals surface area (Å²) in [5, 5.41) is 0. The van der Waals surface area contributed by atoms with Crippen LogP contribution in [0.25, 0.3) is 0 Å². The summed E-state index contributed by atoms with van der Waals surface area (Å²) in [6, 6.07) is 0. The van der Waals surface area contributed by atoms with Crippen LogP contribution in [0.15, 0.2) is 24.3 Å². The zero-order valence-corrected chi connectivity index (χ0v) is 31.8. The van der Waals surface area contributed by atoms with E-state index in [-0.39, 0.29) is 19.4 Å². The summed E-state index contributed by atoms with van der Waals surface area (Å²) in [6.07, 6.45) is 39.0. The molecule has 0 saturated heterocycles. The van der Waals surface area contributed by atoms with E-state index in [1.54, 1.807) is 0 Å². The molecule has 8 nitrogen and oxygen atoms in total. The second kappa shape index (κ2) is 35.4. The van der Waals surface area contributed by atoms with Crippen LogP contribution in [0.4, 0.5) is 0 Å². The molecule has 2 N–H and O–H groups in total. The van der Waals surface area contributed by atoms with Crippen molar-refractivity contribution in [3.63, 3.8) is 0 Å². The lowest BCUT2D eigenvalue weighted by molar-refractivity contribution is -0.161. The SMILES string of the molecule is CCCC/C=C/CCCCCCCCCCCC(=O)O[C@H](COC(=O)CCCC/C=C/CCCCCCCCCCC)COP(=O)(O)O. The largest absolute Gasteiger partial charge is 0.469 e. The van der Waals surface area contributed by atoms with Crippen LogP contribution in [0, 0.1) is 0 Å². The van der Waals surface area contributed by atoms with Gasteiger partial charge in [0.05, 0.1) is 6.61 Å². The molecule has 1 atom stereocenters. The molecule has 0 amide bonds. The average Bonchev–Trinajstić information content (AvgIpc) is 3.05. The number of esters is 2. The van der Waals surface area contributed by atoms with E-state index in [1.165, 1.54) is 116 Å². The van der Waals surface area contributed by atoms with Crippen LogP contribution in [-0.2, 0) is 28.2 Å². The Morgan fingerprint density at radius 2 is 0.896 bits per heavy atom. The highest BCUT2D eigenvalue weighted by Crippen LogP contribution is 2.36. The van der Waals surface area contributed by atoms with E-state index in [0.29, 0.717) is 12.8 Å². The fraction of sp³-hybridized carbons (Fsp3) is 0.846. The number of ether oxygens (including phenoxy) is 2. The van der Waals surface area contributed by atoms with Gasteiger partial charge in [0.25, 0.3) is 0 Å². The molecule has 0 aliphatic rings. The van der Waals surface area contributed by atoms with Crippen molar-refractivity contribution in [3.8, 4) is 0 Å². The molecule has 0 spiro atoms. The first kappa shape index (κ1) is 46.5. The highest BCUT2D eigenvalue weighted by atomic mass is 31.2. The summed E-state index contributed by atoms with van der Waals surface area (Å²) >= 11 is 0. The fourth-order valence-electron chi connectivity index (χ4n) is 5.47. The van der Waals surface area contributed by atoms with E-state index in [2.05, 4.69) is 42.7 Å². The smallest absolute Gasteiger partial charge is 0.462 e. The second-order valence-corrected chi connectivity index (χ2v) is 14.5. The average molecular weight is 701 g/mol. The van der Waals surface area contributed by atoms with Gasteiger partial charge in [-0.15, -0.1) is 0 Å². The Bertz CT molecular complexity index is 838. The van der Waals surface area contributed by atoms with Gasteiger partial charge >= 0.3 is 19.8 Å². The Morgan fingerprint density at radius 3 is 1.38 bits per heavy atom. The molecule has 0 aromatic rings. The molecular weight excluding hydrogens is 627 g/mol. The number of phosphoric acid groups is 1. The molecule has 9 heteroatoms. The minimum atomic E-state index is -4.75. The number of hydrogen-bond donors (Lipinski definition) is 2. The van der Waals surface area contributed by atoms with Crippen molar-refractivity contribution in [3.05, 3.63) is 24.3 Å². The Balaban J connectivity index is 3.96. The van der Waals surface area contributed by atoms with Crippen molar-refractivity contribution in [1.29, 1.82) is 0 Å². The third kappa shape index (κ3) is 37.4. The first-order valence-corrected chi connectivity index (χ1v) is 21.2. The molecule has 0 radical (unpaired) electrons. The number of hydrogen-bond acceptors (Lipinski definition) is 6. The van der Waals surface area contributed by atoms with Crippen molar-refractivity contribution >= 4 is 19.8 Å². The van der Waals surface area contributed by atoms with E-state index in [0.717, 1.165) is 38.5 Å². The second-order valence-electron chi connectivity index (χ2n) is 13.2. The minimum absolute atomic E-state index is 0.207. The molecule has 0 aromatic carbocycles. The van der Waals surface area contributed by atoms with Crippen LogP contribution < -0.4 is 0 Å². The maximum atomic E-state index is 12.4. The summed E-state index contributed by atoms with van der Waals surface area (Å²) in [5.41, 5.74) is 0. The zero-order valence-electron chi connectivity index (χ0n) is 30.9. The Kier molecular flexibility index (Phi) is 34.3. The van der Waals surface area contributed by atoms with Gasteiger partial charge in [0, 0.05) is 12.8 Å². The lowest BCUT2D eigenvalue weighted by Gasteiger charge is -2.18. The molecule has 0 unspecified atom stereocenters. The molecule has 0 fully saturated rings. The predicted octanol–water partition coefficient (Wildman–Crippen LogP) is 11.6. The van der Waals surface area contributed by atoms with E-state index >= 15 is 0 Å². The molecule has 0 heterocycles. The number of allylic oxidation sites excluding steroid dienone is 4. The van der Waals surface area contributed by atoms with Gasteiger partial charge in [-0.05, 0) is 57.8 Å². The topological polar surface area (TPSA) is 119 Å². The normalized spacial score (nSPS) is 12.7. The standard InChI is InChI=1S/C39H73O8P/c1-3-5-7-9-11-13-15-17-19-21-23-25-27-29-31-33-38(40)45-35-37(36-46-48(42,43)44)47-39(41)34-32-30-28-26-24-22-20-18-16-14-12-10-8-6-4-2/h10,12,23,25,37H,3-9,11,13-22,24,26-36H2,1-2H3,(H2,42,43,44)/b12-10+,25-23+/t37-/m1/s1. The maximum Gasteiger partial charge on any atom is 0.469 e. The van der Waals surface area contributed by atoms with Crippen molar-refractivity contribution < 1.29 is 37.9 Å². The van der Waals surface area contributed by atoms with Gasteiger partial charge in [0.2, 0.25) is 0 Å². The third-order valence-corrected chi connectivity index (χ3v) is 8.93. The summed E-state index contributed by atoms with van der Waals surface area (Å²) < 4.78 is 26.3. The van der Waals surface area contributed by atoms with Crippen LogP contribution in [-0.4, -0.2) is 41.0 Å². The van der Waals surface area contributed by atoms with Gasteiger partial charge in [0.1, 0.15) is 6.61 Å². The zero-order chi connectivity index (χ0) is 35.4. The summed E-state index contributed by atoms with van der Waals surface area (Å²) in [6.45, 7) is 3.64. The highest BCUT2D eigenvalue weighted by molar-refractivity contribution is 7.46. The summed E-state index contributed by atoms with van der Waals surface area (Å²) in [4.78, 5) is 42.7. The Labute approximate surface area is 294 Å². The molecule has 48 heavy (non-hydrogen) atoms. The van der Waals surface area contributed by atoms with Gasteiger partial charge in [-0.25, -0.2) is 4.57 Å². The van der Waals surface area contributed by atoms with Gasteiger partial charge in [-0.1, -0.05) is 147 Å². The van der Waals surface area contributed by atoms with E-state index < -0.39 is 32.5 Å². The van der Waals surface area contributed by atoms with Gasteiger partial charge in [0.15, 0.2) is 6.10 Å². The van der Waals surface area contributed by atoms with Gasteiger partial charge in [-0.3, -0.25) is 14.1 Å². The molecule has 0 aliphatic carbocycles. The predicted molar refractivity (Wildman–Crippen MR) is 198 cm³/mol. The first-order valence-electron chi connectivity index (χ1n) is 19.6. The molecule has 0 aliphatic heterocycles. The highest BCUT2D eigenvalue weighted by Gasteiger charge is 2.22. The maximum absolute atomic E-state index is 12.4. The lowest BCUT2D eigenvalue weighted by atomic mass is 10.1. The Morgan fingerprint density at radius 1 is 0.521 bits per heavy atom. The fourth-order valence-corrected chi connectivity index (χ4v) is 5.83. The number of rotatable bonds is 36. The summed E-state index contributed by atoms with van der Waals surface area (Å²) in [7, 11) is -4.75. The number of unbranched alkanes of at least 4 members (excludes halogenated alkanes) is 22. The van der Waals surface area contributed by atoms with E-state index in [9.17, 15) is 14.2 Å².